The van der Waals surface area contributed by atoms with Crippen LogP contribution in [0.2, 0.25) is 0 Å². The fourth-order valence-corrected chi connectivity index (χ4v) is 2.89. The molecule has 0 unspecified atom stereocenters. The zero-order valence-electron chi connectivity index (χ0n) is 9.84. The molecule has 2 aliphatic rings. The van der Waals surface area contributed by atoms with E-state index in [9.17, 15) is 4.79 Å². The molecule has 1 amide bonds. The quantitative estimate of drug-likeness (QED) is 0.778. The maximum atomic E-state index is 11.9. The third-order valence-corrected chi connectivity index (χ3v) is 3.75. The third kappa shape index (κ3) is 2.07. The van der Waals surface area contributed by atoms with Gasteiger partial charge in [-0.1, -0.05) is 30.3 Å². The summed E-state index contributed by atoms with van der Waals surface area (Å²) in [6.45, 7) is 0.984. The van der Waals surface area contributed by atoms with Crippen molar-refractivity contribution in [3.8, 4) is 0 Å². The van der Waals surface area contributed by atoms with Gasteiger partial charge in [0.1, 0.15) is 6.61 Å². The monoisotopic (exact) mass is 231 g/mol. The van der Waals surface area contributed by atoms with Gasteiger partial charge in [0.2, 0.25) is 5.91 Å². The van der Waals surface area contributed by atoms with Gasteiger partial charge in [-0.25, -0.2) is 0 Å². The lowest BCUT2D eigenvalue weighted by Crippen LogP contribution is -2.51. The Balaban J connectivity index is 1.78. The molecule has 2 fully saturated rings. The minimum Gasteiger partial charge on any atom is -0.366 e. The predicted octanol–water partition coefficient (Wildman–Crippen LogP) is 1.97. The first kappa shape index (κ1) is 10.8. The summed E-state index contributed by atoms with van der Waals surface area (Å²) >= 11 is 0. The van der Waals surface area contributed by atoms with Gasteiger partial charge in [0.05, 0.1) is 12.1 Å². The molecule has 3 rings (SSSR count). The van der Waals surface area contributed by atoms with Crippen LogP contribution >= 0.6 is 0 Å². The van der Waals surface area contributed by atoms with Crippen LogP contribution in [0.25, 0.3) is 0 Å². The minimum absolute atomic E-state index is 0.136. The smallest absolute Gasteiger partial charge is 0.249 e. The van der Waals surface area contributed by atoms with E-state index in [1.165, 1.54) is 12.0 Å². The first-order chi connectivity index (χ1) is 8.34. The zero-order valence-corrected chi connectivity index (χ0v) is 9.84. The van der Waals surface area contributed by atoms with E-state index < -0.39 is 0 Å². The molecule has 0 spiro atoms. The van der Waals surface area contributed by atoms with Crippen molar-refractivity contribution in [3.63, 3.8) is 0 Å². The van der Waals surface area contributed by atoms with E-state index in [0.717, 1.165) is 19.4 Å². The van der Waals surface area contributed by atoms with Gasteiger partial charge in [0, 0.05) is 6.54 Å². The number of ether oxygens (including phenoxy) is 1. The summed E-state index contributed by atoms with van der Waals surface area (Å²) in [5.41, 5.74) is 1.20. The van der Waals surface area contributed by atoms with Crippen LogP contribution < -0.4 is 0 Å². The van der Waals surface area contributed by atoms with Gasteiger partial charge in [-0.05, 0) is 24.8 Å². The van der Waals surface area contributed by atoms with Crippen molar-refractivity contribution in [2.75, 3.05) is 6.61 Å². The van der Waals surface area contributed by atoms with E-state index in [1.807, 2.05) is 23.1 Å². The van der Waals surface area contributed by atoms with E-state index >= 15 is 0 Å². The Morgan fingerprint density at radius 2 is 2.06 bits per heavy atom. The molecule has 1 aliphatic carbocycles. The molecule has 1 aromatic rings. The lowest BCUT2D eigenvalue weighted by molar-refractivity contribution is -0.155. The van der Waals surface area contributed by atoms with Crippen molar-refractivity contribution < 1.29 is 9.53 Å². The van der Waals surface area contributed by atoms with E-state index in [2.05, 4.69) is 12.1 Å². The number of nitrogens with zero attached hydrogens (tertiary/aromatic N) is 1. The summed E-state index contributed by atoms with van der Waals surface area (Å²) in [5, 5.41) is 0. The Labute approximate surface area is 101 Å². The van der Waals surface area contributed by atoms with Crippen molar-refractivity contribution in [2.24, 2.45) is 0 Å². The number of carbonyl (C=O) groups excluding carboxylic acids is 1. The molecule has 3 nitrogen and oxygen atoms in total. The number of morpholine rings is 1. The number of fused-ring (bicyclic) bond motifs is 1. The largest absolute Gasteiger partial charge is 0.366 e. The van der Waals surface area contributed by atoms with Crippen molar-refractivity contribution >= 4 is 5.91 Å². The van der Waals surface area contributed by atoms with Crippen molar-refractivity contribution in [1.82, 2.24) is 4.90 Å². The van der Waals surface area contributed by atoms with Crippen molar-refractivity contribution in [1.29, 1.82) is 0 Å². The molecular weight excluding hydrogens is 214 g/mol. The highest BCUT2D eigenvalue weighted by atomic mass is 16.5. The van der Waals surface area contributed by atoms with Crippen LogP contribution in [0.4, 0.5) is 0 Å². The first-order valence-electron chi connectivity index (χ1n) is 6.29. The minimum atomic E-state index is 0.136. The Morgan fingerprint density at radius 1 is 1.24 bits per heavy atom. The second-order valence-electron chi connectivity index (χ2n) is 4.85. The van der Waals surface area contributed by atoms with Crippen LogP contribution in [0.5, 0.6) is 0 Å². The summed E-state index contributed by atoms with van der Waals surface area (Å²) in [5.74, 6) is 0.136. The predicted molar refractivity (Wildman–Crippen MR) is 64.4 cm³/mol. The summed E-state index contributed by atoms with van der Waals surface area (Å²) in [7, 11) is 0. The maximum absolute atomic E-state index is 11.9. The van der Waals surface area contributed by atoms with E-state index in [-0.39, 0.29) is 18.6 Å². The SMILES string of the molecule is O=C1CO[C@@H]2CCC[C@@H]2N1Cc1ccccc1. The Kier molecular flexibility index (Phi) is 2.85. The fourth-order valence-electron chi connectivity index (χ4n) is 2.89. The molecule has 0 N–H and O–H groups in total. The highest BCUT2D eigenvalue weighted by molar-refractivity contribution is 5.78. The van der Waals surface area contributed by atoms with Crippen LogP contribution in [0.3, 0.4) is 0 Å². The van der Waals surface area contributed by atoms with Gasteiger partial charge in [0.15, 0.2) is 0 Å². The second-order valence-corrected chi connectivity index (χ2v) is 4.85. The molecule has 1 saturated heterocycles. The Morgan fingerprint density at radius 3 is 2.88 bits per heavy atom. The molecule has 1 aromatic carbocycles. The number of hydrogen-bond acceptors (Lipinski definition) is 2. The molecule has 1 saturated carbocycles. The number of benzene rings is 1. The number of hydrogen-bond donors (Lipinski definition) is 0. The molecule has 1 heterocycles. The van der Waals surface area contributed by atoms with Gasteiger partial charge in [-0.15, -0.1) is 0 Å². The van der Waals surface area contributed by atoms with Crippen LogP contribution in [0, 0.1) is 0 Å². The average molecular weight is 231 g/mol. The summed E-state index contributed by atoms with van der Waals surface area (Å²) < 4.78 is 5.59. The second kappa shape index (κ2) is 4.49. The molecule has 17 heavy (non-hydrogen) atoms. The topological polar surface area (TPSA) is 29.5 Å². The number of rotatable bonds is 2. The fraction of sp³-hybridized carbons (Fsp3) is 0.500. The third-order valence-electron chi connectivity index (χ3n) is 3.75. The average Bonchev–Trinajstić information content (AvgIpc) is 2.83. The lowest BCUT2D eigenvalue weighted by Gasteiger charge is -2.37. The Hall–Kier alpha value is -1.35. The van der Waals surface area contributed by atoms with Crippen LogP contribution in [0.1, 0.15) is 24.8 Å². The van der Waals surface area contributed by atoms with Gasteiger partial charge >= 0.3 is 0 Å². The molecule has 2 atom stereocenters. The molecule has 0 radical (unpaired) electrons. The number of amides is 1. The normalized spacial score (nSPS) is 28.2. The highest BCUT2D eigenvalue weighted by Gasteiger charge is 2.39. The van der Waals surface area contributed by atoms with Crippen molar-refractivity contribution in [3.05, 3.63) is 35.9 Å². The van der Waals surface area contributed by atoms with E-state index in [1.54, 1.807) is 0 Å². The van der Waals surface area contributed by atoms with Crippen LogP contribution in [0.15, 0.2) is 30.3 Å². The molecule has 0 bridgehead atoms. The first-order valence-corrected chi connectivity index (χ1v) is 6.29. The Bertz CT molecular complexity index is 404. The lowest BCUT2D eigenvalue weighted by atomic mass is 10.1. The molecule has 90 valence electrons. The molecule has 0 aromatic heterocycles. The van der Waals surface area contributed by atoms with Gasteiger partial charge < -0.3 is 9.64 Å². The standard InChI is InChI=1S/C14H17NO2/c16-14-10-17-13-8-4-7-12(13)15(14)9-11-5-2-1-3-6-11/h1-3,5-6,12-13H,4,7-10H2/t12-,13+/m0/s1. The van der Waals surface area contributed by atoms with Crippen molar-refractivity contribution in [2.45, 2.75) is 38.0 Å². The molecule has 1 aliphatic heterocycles. The summed E-state index contributed by atoms with van der Waals surface area (Å²) in [6, 6.07) is 10.5. The van der Waals surface area contributed by atoms with E-state index in [0.29, 0.717) is 6.04 Å². The molecular formula is C14H17NO2. The van der Waals surface area contributed by atoms with Gasteiger partial charge in [-0.3, -0.25) is 4.79 Å². The highest BCUT2D eigenvalue weighted by Crippen LogP contribution is 2.31. The molecule has 3 heteroatoms. The van der Waals surface area contributed by atoms with E-state index in [4.69, 9.17) is 4.74 Å². The zero-order chi connectivity index (χ0) is 11.7. The summed E-state index contributed by atoms with van der Waals surface area (Å²) in [4.78, 5) is 14.0. The summed E-state index contributed by atoms with van der Waals surface area (Å²) in [6.07, 6.45) is 3.64. The van der Waals surface area contributed by atoms with Gasteiger partial charge in [-0.2, -0.15) is 0 Å². The van der Waals surface area contributed by atoms with Crippen LogP contribution in [-0.2, 0) is 16.1 Å². The van der Waals surface area contributed by atoms with Gasteiger partial charge in [0.25, 0.3) is 0 Å². The maximum Gasteiger partial charge on any atom is 0.249 e. The number of carbonyl (C=O) groups is 1. The van der Waals surface area contributed by atoms with Crippen LogP contribution in [-0.4, -0.2) is 29.6 Å².